The van der Waals surface area contributed by atoms with E-state index >= 15 is 0 Å². The van der Waals surface area contributed by atoms with Crippen LogP contribution in [-0.2, 0) is 4.79 Å². The minimum atomic E-state index is 0.175. The van der Waals surface area contributed by atoms with Gasteiger partial charge in [0.05, 0.1) is 0 Å². The minimum Gasteiger partial charge on any atom is -0.371 e. The second-order valence-corrected chi connectivity index (χ2v) is 6.88. The third-order valence-corrected chi connectivity index (χ3v) is 4.95. The molecule has 1 N–H and O–H groups in total. The number of nitrogens with one attached hydrogen (secondary N) is 1. The molecule has 1 heterocycles. The van der Waals surface area contributed by atoms with E-state index in [4.69, 9.17) is 0 Å². The fourth-order valence-electron chi connectivity index (χ4n) is 3.11. The normalized spacial score (nSPS) is 22.0. The van der Waals surface area contributed by atoms with Crippen LogP contribution < -0.4 is 10.2 Å². The number of amides is 1. The van der Waals surface area contributed by atoms with Crippen LogP contribution in [0.2, 0.25) is 0 Å². The number of anilines is 1. The zero-order valence-corrected chi connectivity index (χ0v) is 13.7. The summed E-state index contributed by atoms with van der Waals surface area (Å²) in [6.07, 6.45) is 7.17. The molecule has 1 atom stereocenters. The van der Waals surface area contributed by atoms with Crippen LogP contribution in [-0.4, -0.2) is 25.5 Å². The van der Waals surface area contributed by atoms with E-state index in [1.165, 1.54) is 5.69 Å². The van der Waals surface area contributed by atoms with Gasteiger partial charge in [-0.1, -0.05) is 28.1 Å². The first-order chi connectivity index (χ1) is 10.2. The summed E-state index contributed by atoms with van der Waals surface area (Å²) in [4.78, 5) is 14.4. The Labute approximate surface area is 134 Å². The predicted octanol–water partition coefficient (Wildman–Crippen LogP) is 3.36. The van der Waals surface area contributed by atoms with Crippen molar-refractivity contribution in [1.29, 1.82) is 0 Å². The van der Waals surface area contributed by atoms with Gasteiger partial charge in [-0.15, -0.1) is 0 Å². The van der Waals surface area contributed by atoms with Crippen molar-refractivity contribution in [3.8, 4) is 0 Å². The molecule has 112 valence electrons. The summed E-state index contributed by atoms with van der Waals surface area (Å²) in [5, 5.41) is 3.13. The van der Waals surface area contributed by atoms with Crippen LogP contribution in [0.15, 0.2) is 40.9 Å². The summed E-state index contributed by atoms with van der Waals surface area (Å²) in [5.41, 5.74) is 1.27. The Morgan fingerprint density at radius 2 is 1.95 bits per heavy atom. The number of carbonyl (C=O) groups is 1. The zero-order chi connectivity index (χ0) is 14.7. The van der Waals surface area contributed by atoms with Crippen LogP contribution in [0, 0.1) is 11.8 Å². The van der Waals surface area contributed by atoms with Crippen LogP contribution >= 0.6 is 15.9 Å². The summed E-state index contributed by atoms with van der Waals surface area (Å²) < 4.78 is 1.11. The van der Waals surface area contributed by atoms with Crippen molar-refractivity contribution in [1.82, 2.24) is 5.32 Å². The lowest BCUT2D eigenvalue weighted by Crippen LogP contribution is -2.34. The van der Waals surface area contributed by atoms with Gasteiger partial charge in [0, 0.05) is 35.7 Å². The third-order valence-electron chi connectivity index (χ3n) is 4.42. The number of nitrogens with zero attached hydrogens (tertiary/aromatic N) is 1. The molecule has 1 fully saturated rings. The van der Waals surface area contributed by atoms with Gasteiger partial charge in [0.15, 0.2) is 0 Å². The minimum absolute atomic E-state index is 0.175. The molecule has 0 saturated carbocycles. The molecule has 3 nitrogen and oxygen atoms in total. The van der Waals surface area contributed by atoms with E-state index in [1.807, 2.05) is 0 Å². The monoisotopic (exact) mass is 348 g/mol. The average Bonchev–Trinajstić information content (AvgIpc) is 3.17. The number of halogens is 1. The van der Waals surface area contributed by atoms with Crippen LogP contribution in [0.5, 0.6) is 0 Å². The summed E-state index contributed by atoms with van der Waals surface area (Å²) in [5.74, 6) is 0.961. The topological polar surface area (TPSA) is 32.3 Å². The Kier molecular flexibility index (Phi) is 4.63. The Morgan fingerprint density at radius 3 is 2.67 bits per heavy atom. The maximum absolute atomic E-state index is 12.0. The van der Waals surface area contributed by atoms with Crippen molar-refractivity contribution in [2.45, 2.75) is 19.3 Å². The van der Waals surface area contributed by atoms with Crippen LogP contribution in [0.1, 0.15) is 19.3 Å². The van der Waals surface area contributed by atoms with E-state index in [1.54, 1.807) is 0 Å². The lowest BCUT2D eigenvalue weighted by molar-refractivity contribution is -0.124. The highest BCUT2D eigenvalue weighted by Crippen LogP contribution is 2.25. The number of benzene rings is 1. The summed E-state index contributed by atoms with van der Waals surface area (Å²) >= 11 is 3.47. The van der Waals surface area contributed by atoms with Gasteiger partial charge >= 0.3 is 0 Å². The molecule has 21 heavy (non-hydrogen) atoms. The summed E-state index contributed by atoms with van der Waals surface area (Å²) in [7, 11) is 0. The first-order valence-electron chi connectivity index (χ1n) is 7.65. The van der Waals surface area contributed by atoms with Crippen molar-refractivity contribution >= 4 is 27.5 Å². The van der Waals surface area contributed by atoms with Gasteiger partial charge in [0.2, 0.25) is 5.91 Å². The standard InChI is InChI=1S/C17H21BrN2O/c18-15-5-7-16(8-6-15)20-10-9-13(12-20)11-19-17(21)14-3-1-2-4-14/h1-2,5-8,13-14H,3-4,9-12H2,(H,19,21)/t13-/m1/s1. The van der Waals surface area contributed by atoms with Crippen LogP contribution in [0.4, 0.5) is 5.69 Å². The van der Waals surface area contributed by atoms with E-state index in [0.29, 0.717) is 5.92 Å². The molecule has 1 aliphatic carbocycles. The van der Waals surface area contributed by atoms with E-state index in [0.717, 1.165) is 43.4 Å². The molecule has 0 aromatic heterocycles. The van der Waals surface area contributed by atoms with Crippen molar-refractivity contribution in [2.24, 2.45) is 11.8 Å². The van der Waals surface area contributed by atoms with Crippen LogP contribution in [0.3, 0.4) is 0 Å². The van der Waals surface area contributed by atoms with Crippen molar-refractivity contribution in [2.75, 3.05) is 24.5 Å². The molecule has 1 aliphatic heterocycles. The van der Waals surface area contributed by atoms with E-state index in [2.05, 4.69) is 62.6 Å². The molecule has 0 spiro atoms. The summed E-state index contributed by atoms with van der Waals surface area (Å²) in [6.45, 7) is 2.92. The third kappa shape index (κ3) is 3.67. The van der Waals surface area contributed by atoms with Crippen molar-refractivity contribution in [3.05, 3.63) is 40.9 Å². The smallest absolute Gasteiger partial charge is 0.223 e. The van der Waals surface area contributed by atoms with Crippen molar-refractivity contribution in [3.63, 3.8) is 0 Å². The molecular weight excluding hydrogens is 328 g/mol. The molecule has 1 amide bonds. The second-order valence-electron chi connectivity index (χ2n) is 5.96. The average molecular weight is 349 g/mol. The fraction of sp³-hybridized carbons (Fsp3) is 0.471. The summed E-state index contributed by atoms with van der Waals surface area (Å²) in [6, 6.07) is 8.46. The van der Waals surface area contributed by atoms with Gasteiger partial charge in [0.1, 0.15) is 0 Å². The van der Waals surface area contributed by atoms with Crippen LogP contribution in [0.25, 0.3) is 0 Å². The number of rotatable bonds is 4. The first kappa shape index (κ1) is 14.6. The van der Waals surface area contributed by atoms with Gasteiger partial charge in [-0.3, -0.25) is 4.79 Å². The quantitative estimate of drug-likeness (QED) is 0.846. The van der Waals surface area contributed by atoms with Gasteiger partial charge in [-0.25, -0.2) is 0 Å². The molecule has 3 rings (SSSR count). The van der Waals surface area contributed by atoms with E-state index < -0.39 is 0 Å². The molecular formula is C17H21BrN2O. The number of carbonyl (C=O) groups excluding carboxylic acids is 1. The van der Waals surface area contributed by atoms with Gasteiger partial charge in [-0.2, -0.15) is 0 Å². The second kappa shape index (κ2) is 6.65. The largest absolute Gasteiger partial charge is 0.371 e. The lowest BCUT2D eigenvalue weighted by Gasteiger charge is -2.19. The maximum atomic E-state index is 12.0. The Morgan fingerprint density at radius 1 is 1.24 bits per heavy atom. The van der Waals surface area contributed by atoms with Gasteiger partial charge < -0.3 is 10.2 Å². The number of hydrogen-bond donors (Lipinski definition) is 1. The SMILES string of the molecule is O=C(NC[C@H]1CCN(c2ccc(Br)cc2)C1)C1CC=CC1. The highest BCUT2D eigenvalue weighted by atomic mass is 79.9. The lowest BCUT2D eigenvalue weighted by atomic mass is 10.1. The first-order valence-corrected chi connectivity index (χ1v) is 8.45. The van der Waals surface area contributed by atoms with Gasteiger partial charge in [-0.05, 0) is 49.4 Å². The van der Waals surface area contributed by atoms with Crippen molar-refractivity contribution < 1.29 is 4.79 Å². The highest BCUT2D eigenvalue weighted by molar-refractivity contribution is 9.10. The fourth-order valence-corrected chi connectivity index (χ4v) is 3.37. The molecule has 1 aromatic rings. The van der Waals surface area contributed by atoms with E-state index in [-0.39, 0.29) is 11.8 Å². The molecule has 0 unspecified atom stereocenters. The Bertz CT molecular complexity index is 518. The molecule has 0 bridgehead atoms. The van der Waals surface area contributed by atoms with Gasteiger partial charge in [0.25, 0.3) is 0 Å². The maximum Gasteiger partial charge on any atom is 0.223 e. The van der Waals surface area contributed by atoms with E-state index in [9.17, 15) is 4.79 Å². The predicted molar refractivity (Wildman–Crippen MR) is 89.3 cm³/mol. The highest BCUT2D eigenvalue weighted by Gasteiger charge is 2.25. The Balaban J connectivity index is 1.46. The Hall–Kier alpha value is -1.29. The molecule has 2 aliphatic rings. The molecule has 1 aromatic carbocycles. The number of allylic oxidation sites excluding steroid dienone is 2. The zero-order valence-electron chi connectivity index (χ0n) is 12.1. The number of hydrogen-bond acceptors (Lipinski definition) is 2. The molecule has 4 heteroatoms. The molecule has 0 radical (unpaired) electrons. The molecule has 1 saturated heterocycles.